The Morgan fingerprint density at radius 2 is 1.82 bits per heavy atom. The van der Waals surface area contributed by atoms with Gasteiger partial charge in [0.2, 0.25) is 5.95 Å². The molecule has 140 valence electrons. The number of para-hydroxylation sites is 1. The van der Waals surface area contributed by atoms with Crippen molar-refractivity contribution in [2.24, 2.45) is 0 Å². The van der Waals surface area contributed by atoms with Crippen molar-refractivity contribution >= 4 is 11.7 Å². The second-order valence-corrected chi connectivity index (χ2v) is 7.39. The van der Waals surface area contributed by atoms with E-state index in [1.165, 1.54) is 6.33 Å². The molecule has 3 aromatic rings. The topological polar surface area (TPSA) is 80.0 Å². The molecule has 1 aliphatic carbocycles. The van der Waals surface area contributed by atoms with E-state index in [1.807, 2.05) is 43.3 Å². The van der Waals surface area contributed by atoms with E-state index in [4.69, 9.17) is 0 Å². The Morgan fingerprint density at radius 1 is 1.07 bits per heavy atom. The number of nitrogens with one attached hydrogen (secondary N) is 1. The predicted octanol–water partition coefficient (Wildman–Crippen LogP) is 3.71. The first-order valence-corrected chi connectivity index (χ1v) is 9.39. The van der Waals surface area contributed by atoms with E-state index < -0.39 is 0 Å². The lowest BCUT2D eigenvalue weighted by Crippen LogP contribution is -2.33. The highest BCUT2D eigenvalue weighted by molar-refractivity contribution is 6.00. The Hall–Kier alpha value is -3.41. The number of benzene rings is 2. The number of aromatic nitrogens is 3. The maximum atomic E-state index is 13.3. The van der Waals surface area contributed by atoms with Crippen molar-refractivity contribution in [2.75, 3.05) is 5.32 Å². The van der Waals surface area contributed by atoms with Crippen LogP contribution in [-0.4, -0.2) is 25.7 Å². The number of nitrogens with zero attached hydrogens (tertiary/aromatic N) is 3. The Labute approximate surface area is 162 Å². The Bertz CT molecular complexity index is 1110. The molecule has 6 heteroatoms. The summed E-state index contributed by atoms with van der Waals surface area (Å²) in [6.45, 7) is 2.05. The number of phenols is 1. The second-order valence-electron chi connectivity index (χ2n) is 7.39. The largest absolute Gasteiger partial charge is 0.508 e. The number of Topliss-reactive ketones (excluding diaryl/α,β-unsaturated/α-hetero) is 1. The highest BCUT2D eigenvalue weighted by Crippen LogP contribution is 2.45. The summed E-state index contributed by atoms with van der Waals surface area (Å²) in [7, 11) is 0. The van der Waals surface area contributed by atoms with E-state index in [0.717, 1.165) is 28.0 Å². The number of ketones is 1. The third-order valence-electron chi connectivity index (χ3n) is 5.72. The highest BCUT2D eigenvalue weighted by Gasteiger charge is 2.40. The van der Waals surface area contributed by atoms with Gasteiger partial charge in [0.1, 0.15) is 18.1 Å². The van der Waals surface area contributed by atoms with Crippen LogP contribution in [0, 0.1) is 6.92 Å². The summed E-state index contributed by atoms with van der Waals surface area (Å²) in [6, 6.07) is 15.0. The number of aryl methyl sites for hydroxylation is 1. The van der Waals surface area contributed by atoms with E-state index in [9.17, 15) is 9.90 Å². The van der Waals surface area contributed by atoms with Gasteiger partial charge in [-0.2, -0.15) is 10.1 Å². The molecule has 1 aromatic heterocycles. The zero-order chi connectivity index (χ0) is 19.3. The van der Waals surface area contributed by atoms with Crippen LogP contribution in [-0.2, 0) is 4.79 Å². The fraction of sp³-hybridized carbons (Fsp3) is 0.227. The van der Waals surface area contributed by atoms with Crippen LogP contribution in [0.15, 0.2) is 66.1 Å². The average Bonchev–Trinajstić information content (AvgIpc) is 3.15. The van der Waals surface area contributed by atoms with Crippen molar-refractivity contribution in [1.82, 2.24) is 14.8 Å². The zero-order valence-corrected chi connectivity index (χ0v) is 15.5. The van der Waals surface area contributed by atoms with Crippen LogP contribution in [0.1, 0.15) is 41.5 Å². The van der Waals surface area contributed by atoms with Crippen molar-refractivity contribution in [3.05, 3.63) is 82.8 Å². The van der Waals surface area contributed by atoms with Gasteiger partial charge in [-0.25, -0.2) is 4.68 Å². The molecule has 6 nitrogen and oxygen atoms in total. The monoisotopic (exact) mass is 372 g/mol. The summed E-state index contributed by atoms with van der Waals surface area (Å²) in [6.07, 6.45) is 2.52. The molecule has 2 aliphatic rings. The second kappa shape index (κ2) is 6.34. The van der Waals surface area contributed by atoms with Crippen LogP contribution in [0.3, 0.4) is 0 Å². The van der Waals surface area contributed by atoms with Crippen molar-refractivity contribution in [1.29, 1.82) is 0 Å². The van der Waals surface area contributed by atoms with Crippen LogP contribution >= 0.6 is 0 Å². The van der Waals surface area contributed by atoms with Gasteiger partial charge in [-0.3, -0.25) is 4.79 Å². The van der Waals surface area contributed by atoms with Gasteiger partial charge in [0, 0.05) is 23.6 Å². The molecule has 0 saturated carbocycles. The number of carbonyl (C=O) groups is 1. The molecule has 2 aromatic carbocycles. The smallest absolute Gasteiger partial charge is 0.226 e. The maximum Gasteiger partial charge on any atom is 0.226 e. The first kappa shape index (κ1) is 16.7. The third-order valence-corrected chi connectivity index (χ3v) is 5.72. The van der Waals surface area contributed by atoms with Gasteiger partial charge >= 0.3 is 0 Å². The number of allylic oxidation sites excluding steroid dienone is 2. The van der Waals surface area contributed by atoms with Crippen LogP contribution in [0.2, 0.25) is 0 Å². The van der Waals surface area contributed by atoms with Gasteiger partial charge in [-0.05, 0) is 36.1 Å². The van der Waals surface area contributed by atoms with E-state index in [1.54, 1.807) is 16.8 Å². The number of hydrogen-bond acceptors (Lipinski definition) is 5. The number of anilines is 1. The minimum absolute atomic E-state index is 0.0630. The summed E-state index contributed by atoms with van der Waals surface area (Å²) in [5, 5.41) is 18.0. The number of carbonyl (C=O) groups excluding carboxylic acids is 1. The molecule has 0 spiro atoms. The molecule has 0 radical (unpaired) electrons. The van der Waals surface area contributed by atoms with Crippen LogP contribution in [0.4, 0.5) is 5.95 Å². The number of aromatic hydroxyl groups is 1. The van der Waals surface area contributed by atoms with Gasteiger partial charge in [0.15, 0.2) is 5.78 Å². The third kappa shape index (κ3) is 2.52. The lowest BCUT2D eigenvalue weighted by Gasteiger charge is -2.35. The van der Waals surface area contributed by atoms with Crippen LogP contribution in [0.25, 0.3) is 0 Å². The quantitative estimate of drug-likeness (QED) is 0.717. The molecular formula is C22H20N4O2. The average molecular weight is 372 g/mol. The maximum absolute atomic E-state index is 13.3. The molecule has 0 fully saturated rings. The molecule has 1 aliphatic heterocycles. The van der Waals surface area contributed by atoms with Crippen molar-refractivity contribution in [2.45, 2.75) is 31.7 Å². The molecule has 0 saturated heterocycles. The first-order chi connectivity index (χ1) is 13.6. The summed E-state index contributed by atoms with van der Waals surface area (Å²) in [5.74, 6) is 0.889. The highest BCUT2D eigenvalue weighted by atomic mass is 16.3. The van der Waals surface area contributed by atoms with E-state index in [0.29, 0.717) is 18.8 Å². The van der Waals surface area contributed by atoms with Crippen molar-refractivity contribution in [3.63, 3.8) is 0 Å². The van der Waals surface area contributed by atoms with Crippen molar-refractivity contribution in [3.8, 4) is 5.75 Å². The molecule has 2 atom stereocenters. The molecule has 0 bridgehead atoms. The SMILES string of the molecule is Cc1ccccc1[C@@H]1C2=C(C[C@H](c3ccccc3O)CC2=O)Nc2ncnn21. The van der Waals surface area contributed by atoms with Gasteiger partial charge in [0.05, 0.1) is 0 Å². The normalized spacial score (nSPS) is 21.1. The molecule has 2 N–H and O–H groups in total. The van der Waals surface area contributed by atoms with Crippen LogP contribution in [0.5, 0.6) is 5.75 Å². The minimum Gasteiger partial charge on any atom is -0.508 e. The van der Waals surface area contributed by atoms with E-state index in [2.05, 4.69) is 15.4 Å². The van der Waals surface area contributed by atoms with Gasteiger partial charge in [0.25, 0.3) is 0 Å². The van der Waals surface area contributed by atoms with E-state index in [-0.39, 0.29) is 23.5 Å². The standard InChI is InChI=1S/C22H20N4O2/c1-13-6-2-3-7-15(13)21-20-17(25-22-23-12-24-26(21)22)10-14(11-19(20)28)16-8-4-5-9-18(16)27/h2-9,12,14,21,27H,10-11H2,1H3,(H,23,24,25)/t14-,21+/m0/s1. The Morgan fingerprint density at radius 3 is 2.61 bits per heavy atom. The zero-order valence-electron chi connectivity index (χ0n) is 15.5. The molecule has 0 amide bonds. The molecule has 2 heterocycles. The lowest BCUT2D eigenvalue weighted by atomic mass is 9.77. The molecule has 5 rings (SSSR count). The number of fused-ring (bicyclic) bond motifs is 1. The summed E-state index contributed by atoms with van der Waals surface area (Å²) in [4.78, 5) is 17.6. The minimum atomic E-state index is -0.284. The Balaban J connectivity index is 1.63. The van der Waals surface area contributed by atoms with Gasteiger partial charge in [-0.1, -0.05) is 42.5 Å². The summed E-state index contributed by atoms with van der Waals surface area (Å²) in [5.41, 5.74) is 4.59. The Kier molecular flexibility index (Phi) is 3.79. The summed E-state index contributed by atoms with van der Waals surface area (Å²) < 4.78 is 1.79. The van der Waals surface area contributed by atoms with E-state index >= 15 is 0 Å². The number of phenolic OH excluding ortho intramolecular Hbond substituents is 1. The fourth-order valence-corrected chi connectivity index (χ4v) is 4.39. The fourth-order valence-electron chi connectivity index (χ4n) is 4.39. The number of hydrogen-bond donors (Lipinski definition) is 2. The molecular weight excluding hydrogens is 352 g/mol. The van der Waals surface area contributed by atoms with Gasteiger partial charge < -0.3 is 10.4 Å². The first-order valence-electron chi connectivity index (χ1n) is 9.39. The predicted molar refractivity (Wildman–Crippen MR) is 105 cm³/mol. The van der Waals surface area contributed by atoms with Gasteiger partial charge in [-0.15, -0.1) is 0 Å². The lowest BCUT2D eigenvalue weighted by molar-refractivity contribution is -0.116. The number of rotatable bonds is 2. The van der Waals surface area contributed by atoms with Crippen LogP contribution < -0.4 is 5.32 Å². The molecule has 28 heavy (non-hydrogen) atoms. The molecule has 0 unspecified atom stereocenters. The van der Waals surface area contributed by atoms with Crippen molar-refractivity contribution < 1.29 is 9.90 Å². The summed E-state index contributed by atoms with van der Waals surface area (Å²) >= 11 is 0.